The number of nitrogens with zero attached hydrogens (tertiary/aromatic N) is 1. The first-order valence-electron chi connectivity index (χ1n) is 5.68. The molecule has 1 rings (SSSR count). The lowest BCUT2D eigenvalue weighted by Gasteiger charge is -2.23. The molecular formula is C11H22N2O. The van der Waals surface area contributed by atoms with E-state index in [9.17, 15) is 4.79 Å². The Morgan fingerprint density at radius 3 is 2.57 bits per heavy atom. The zero-order valence-electron chi connectivity index (χ0n) is 9.17. The fraction of sp³-hybridized carbons (Fsp3) is 0.909. The summed E-state index contributed by atoms with van der Waals surface area (Å²) >= 11 is 0. The number of carbonyl (C=O) groups excluding carboxylic acids is 1. The third-order valence-electron chi connectivity index (χ3n) is 3.08. The third-order valence-corrected chi connectivity index (χ3v) is 3.08. The maximum atomic E-state index is 11.7. The molecule has 3 heteroatoms. The molecule has 1 saturated carbocycles. The van der Waals surface area contributed by atoms with Gasteiger partial charge in [0.25, 0.3) is 0 Å². The predicted molar refractivity (Wildman–Crippen MR) is 57.9 cm³/mol. The third kappa shape index (κ3) is 3.66. The molecule has 14 heavy (non-hydrogen) atoms. The van der Waals surface area contributed by atoms with E-state index in [0.717, 1.165) is 6.42 Å². The SMILES string of the molecule is CN(CCN)C(=O)CC1CCCCC1. The number of rotatable bonds is 4. The zero-order valence-corrected chi connectivity index (χ0v) is 9.17. The van der Waals surface area contributed by atoms with Gasteiger partial charge in [0.2, 0.25) is 5.91 Å². The Balaban J connectivity index is 2.24. The van der Waals surface area contributed by atoms with Crippen LogP contribution in [-0.2, 0) is 4.79 Å². The Hall–Kier alpha value is -0.570. The minimum absolute atomic E-state index is 0.266. The van der Waals surface area contributed by atoms with Gasteiger partial charge in [-0.3, -0.25) is 4.79 Å². The number of likely N-dealkylation sites (N-methyl/N-ethyl adjacent to an activating group) is 1. The second kappa shape index (κ2) is 6.02. The van der Waals surface area contributed by atoms with E-state index >= 15 is 0 Å². The quantitative estimate of drug-likeness (QED) is 0.741. The normalized spacial score (nSPS) is 18.1. The lowest BCUT2D eigenvalue weighted by molar-refractivity contribution is -0.131. The second-order valence-electron chi connectivity index (χ2n) is 4.31. The molecule has 0 aromatic rings. The molecule has 0 bridgehead atoms. The fourth-order valence-electron chi connectivity index (χ4n) is 2.11. The van der Waals surface area contributed by atoms with Crippen LogP contribution in [0.25, 0.3) is 0 Å². The molecule has 0 aromatic heterocycles. The van der Waals surface area contributed by atoms with Crippen molar-refractivity contribution in [2.45, 2.75) is 38.5 Å². The first-order chi connectivity index (χ1) is 6.74. The highest BCUT2D eigenvalue weighted by Gasteiger charge is 2.18. The van der Waals surface area contributed by atoms with Gasteiger partial charge in [-0.25, -0.2) is 0 Å². The Bertz CT molecular complexity index is 176. The highest BCUT2D eigenvalue weighted by Crippen LogP contribution is 2.26. The van der Waals surface area contributed by atoms with Gasteiger partial charge in [-0.05, 0) is 18.8 Å². The number of nitrogens with two attached hydrogens (primary N) is 1. The maximum Gasteiger partial charge on any atom is 0.222 e. The van der Waals surface area contributed by atoms with Gasteiger partial charge < -0.3 is 10.6 Å². The minimum atomic E-state index is 0.266. The van der Waals surface area contributed by atoms with Gasteiger partial charge in [0.15, 0.2) is 0 Å². The van der Waals surface area contributed by atoms with Crippen LogP contribution in [0.1, 0.15) is 38.5 Å². The van der Waals surface area contributed by atoms with Crippen LogP contribution in [-0.4, -0.2) is 30.9 Å². The van der Waals surface area contributed by atoms with Crippen LogP contribution in [0.3, 0.4) is 0 Å². The molecule has 1 fully saturated rings. The fourth-order valence-corrected chi connectivity index (χ4v) is 2.11. The van der Waals surface area contributed by atoms with Crippen molar-refractivity contribution in [2.24, 2.45) is 11.7 Å². The molecule has 0 unspecified atom stereocenters. The van der Waals surface area contributed by atoms with Gasteiger partial charge in [0.05, 0.1) is 0 Å². The summed E-state index contributed by atoms with van der Waals surface area (Å²) in [6.07, 6.45) is 7.17. The molecule has 1 aliphatic carbocycles. The lowest BCUT2D eigenvalue weighted by atomic mass is 9.87. The Morgan fingerprint density at radius 1 is 1.36 bits per heavy atom. The molecule has 1 aliphatic rings. The van der Waals surface area contributed by atoms with Crippen molar-refractivity contribution in [1.29, 1.82) is 0 Å². The van der Waals surface area contributed by atoms with E-state index in [2.05, 4.69) is 0 Å². The van der Waals surface area contributed by atoms with E-state index in [0.29, 0.717) is 19.0 Å². The number of hydrogen-bond acceptors (Lipinski definition) is 2. The van der Waals surface area contributed by atoms with Crippen molar-refractivity contribution < 1.29 is 4.79 Å². The molecule has 0 heterocycles. The Kier molecular flexibility index (Phi) is 4.94. The van der Waals surface area contributed by atoms with Crippen LogP contribution in [0, 0.1) is 5.92 Å². The van der Waals surface area contributed by atoms with Crippen molar-refractivity contribution in [3.05, 3.63) is 0 Å². The highest BCUT2D eigenvalue weighted by molar-refractivity contribution is 5.76. The monoisotopic (exact) mass is 198 g/mol. The first-order valence-corrected chi connectivity index (χ1v) is 5.68. The van der Waals surface area contributed by atoms with Gasteiger partial charge >= 0.3 is 0 Å². The van der Waals surface area contributed by atoms with Crippen molar-refractivity contribution in [2.75, 3.05) is 20.1 Å². The summed E-state index contributed by atoms with van der Waals surface area (Å²) in [6.45, 7) is 1.25. The standard InChI is InChI=1S/C11H22N2O/c1-13(8-7-12)11(14)9-10-5-3-2-4-6-10/h10H,2-9,12H2,1H3. The summed E-state index contributed by atoms with van der Waals surface area (Å²) in [5.41, 5.74) is 5.41. The first kappa shape index (κ1) is 11.5. The van der Waals surface area contributed by atoms with Crippen molar-refractivity contribution in [1.82, 2.24) is 4.90 Å². The minimum Gasteiger partial charge on any atom is -0.344 e. The van der Waals surface area contributed by atoms with E-state index in [4.69, 9.17) is 5.73 Å². The Morgan fingerprint density at radius 2 is 2.00 bits per heavy atom. The van der Waals surface area contributed by atoms with Crippen LogP contribution in [0.4, 0.5) is 0 Å². The van der Waals surface area contributed by atoms with Crippen LogP contribution in [0.5, 0.6) is 0 Å². The van der Waals surface area contributed by atoms with Crippen molar-refractivity contribution in [3.63, 3.8) is 0 Å². The molecule has 0 atom stereocenters. The average molecular weight is 198 g/mol. The molecule has 1 amide bonds. The Labute approximate surface area is 86.6 Å². The summed E-state index contributed by atoms with van der Waals surface area (Å²) in [4.78, 5) is 13.4. The molecule has 0 saturated heterocycles. The molecule has 82 valence electrons. The summed E-state index contributed by atoms with van der Waals surface area (Å²) in [7, 11) is 1.85. The smallest absolute Gasteiger partial charge is 0.222 e. The topological polar surface area (TPSA) is 46.3 Å². The lowest BCUT2D eigenvalue weighted by Crippen LogP contribution is -2.33. The second-order valence-corrected chi connectivity index (χ2v) is 4.31. The molecule has 3 nitrogen and oxygen atoms in total. The molecule has 0 radical (unpaired) electrons. The summed E-state index contributed by atoms with van der Waals surface area (Å²) < 4.78 is 0. The summed E-state index contributed by atoms with van der Waals surface area (Å²) in [5.74, 6) is 0.902. The van der Waals surface area contributed by atoms with Gasteiger partial charge in [0, 0.05) is 26.6 Å². The van der Waals surface area contributed by atoms with Crippen LogP contribution in [0.15, 0.2) is 0 Å². The molecular weight excluding hydrogens is 176 g/mol. The zero-order chi connectivity index (χ0) is 10.4. The number of hydrogen-bond donors (Lipinski definition) is 1. The van der Waals surface area contributed by atoms with Gasteiger partial charge in [-0.15, -0.1) is 0 Å². The van der Waals surface area contributed by atoms with E-state index in [1.54, 1.807) is 4.90 Å². The molecule has 0 aromatic carbocycles. The largest absolute Gasteiger partial charge is 0.344 e. The van der Waals surface area contributed by atoms with Gasteiger partial charge in [0.1, 0.15) is 0 Å². The van der Waals surface area contributed by atoms with Crippen LogP contribution >= 0.6 is 0 Å². The predicted octanol–water partition coefficient (Wildman–Crippen LogP) is 1.37. The number of carbonyl (C=O) groups is 1. The van der Waals surface area contributed by atoms with Crippen molar-refractivity contribution in [3.8, 4) is 0 Å². The molecule has 2 N–H and O–H groups in total. The summed E-state index contributed by atoms with van der Waals surface area (Å²) in [5, 5.41) is 0. The van der Waals surface area contributed by atoms with E-state index in [-0.39, 0.29) is 5.91 Å². The summed E-state index contributed by atoms with van der Waals surface area (Å²) in [6, 6.07) is 0. The van der Waals surface area contributed by atoms with Crippen LogP contribution in [0.2, 0.25) is 0 Å². The van der Waals surface area contributed by atoms with Gasteiger partial charge in [-0.1, -0.05) is 19.3 Å². The maximum absolute atomic E-state index is 11.7. The van der Waals surface area contributed by atoms with Gasteiger partial charge in [-0.2, -0.15) is 0 Å². The molecule has 0 aliphatic heterocycles. The average Bonchev–Trinajstić information content (AvgIpc) is 2.19. The van der Waals surface area contributed by atoms with E-state index < -0.39 is 0 Å². The van der Waals surface area contributed by atoms with E-state index in [1.807, 2.05) is 7.05 Å². The van der Waals surface area contributed by atoms with E-state index in [1.165, 1.54) is 32.1 Å². The number of amides is 1. The van der Waals surface area contributed by atoms with Crippen molar-refractivity contribution >= 4 is 5.91 Å². The van der Waals surface area contributed by atoms with Crippen LogP contribution < -0.4 is 5.73 Å². The highest BCUT2D eigenvalue weighted by atomic mass is 16.2. The molecule has 0 spiro atoms.